The van der Waals surface area contributed by atoms with Crippen molar-refractivity contribution < 1.29 is 23.7 Å². The molecule has 3 saturated heterocycles. The summed E-state index contributed by atoms with van der Waals surface area (Å²) in [4.78, 5) is 15.8. The van der Waals surface area contributed by atoms with Gasteiger partial charge in [-0.15, -0.1) is 12.4 Å². The summed E-state index contributed by atoms with van der Waals surface area (Å²) in [7, 11) is -2.67. The summed E-state index contributed by atoms with van der Waals surface area (Å²) >= 11 is 0. The number of hydrogen-bond donors (Lipinski definition) is 1. The van der Waals surface area contributed by atoms with Gasteiger partial charge in [0, 0.05) is 55.7 Å². The van der Waals surface area contributed by atoms with Gasteiger partial charge in [0.15, 0.2) is 0 Å². The lowest BCUT2D eigenvalue weighted by Crippen LogP contribution is -2.44. The van der Waals surface area contributed by atoms with Gasteiger partial charge in [-0.1, -0.05) is 48.5 Å². The number of nitrogens with zero attached hydrogens (tertiary/aromatic N) is 3. The molecule has 1 aliphatic carbocycles. The molecule has 0 amide bonds. The number of morpholine rings is 3. The minimum Gasteiger partial charge on any atom is -0.422 e. The van der Waals surface area contributed by atoms with E-state index in [-0.39, 0.29) is 18.4 Å². The number of rotatable bonds is 7. The molecule has 0 radical (unpaired) electrons. The first kappa shape index (κ1) is 31.0. The summed E-state index contributed by atoms with van der Waals surface area (Å²) in [5.74, 6) is 0.214. The van der Waals surface area contributed by atoms with Crippen molar-refractivity contribution in [1.29, 1.82) is 5.16 Å². The second-order valence-corrected chi connectivity index (χ2v) is 13.4. The average Bonchev–Trinajstić information content (AvgIpc) is 3.50. The largest absolute Gasteiger partial charge is 0.422 e. The van der Waals surface area contributed by atoms with Crippen molar-refractivity contribution in [2.75, 3.05) is 78.9 Å². The molecular formula is C31H40ClN4O5P. The average molecular weight is 615 g/mol. The highest BCUT2D eigenvalue weighted by Gasteiger charge is 2.44. The number of hydrogen-bond acceptors (Lipinski definition) is 7. The Kier molecular flexibility index (Phi) is 10.6. The van der Waals surface area contributed by atoms with Gasteiger partial charge in [0.2, 0.25) is 0 Å². The van der Waals surface area contributed by atoms with Crippen molar-refractivity contribution in [1.82, 2.24) is 14.2 Å². The Morgan fingerprint density at radius 3 is 1.69 bits per heavy atom. The SMILES string of the molecule is Cl.N=P(C1=C(N2CCOCC2)/C(=C(\OC(=O)c2ccccc2)c2ccccc2)CC1)(N1CCOCC1)N1CCOCC1. The molecule has 0 unspecified atom stereocenters. The van der Waals surface area contributed by atoms with Crippen molar-refractivity contribution in [2.45, 2.75) is 12.8 Å². The number of carbonyl (C=O) groups excluding carboxylic acids is 1. The lowest BCUT2D eigenvalue weighted by Gasteiger charge is -2.47. The molecule has 3 fully saturated rings. The van der Waals surface area contributed by atoms with Gasteiger partial charge in [-0.25, -0.2) is 4.79 Å². The van der Waals surface area contributed by atoms with Crippen LogP contribution in [0.1, 0.15) is 28.8 Å². The minimum absolute atomic E-state index is 0. The molecule has 2 aromatic carbocycles. The molecule has 0 spiro atoms. The molecule has 0 atom stereocenters. The molecule has 6 rings (SSSR count). The minimum atomic E-state index is -2.67. The zero-order valence-corrected chi connectivity index (χ0v) is 25.6. The van der Waals surface area contributed by atoms with E-state index in [1.807, 2.05) is 48.5 Å². The molecule has 3 heterocycles. The fourth-order valence-electron chi connectivity index (χ4n) is 6.16. The molecule has 3 aliphatic heterocycles. The van der Waals surface area contributed by atoms with Crippen molar-refractivity contribution >= 4 is 31.5 Å². The Morgan fingerprint density at radius 1 is 0.690 bits per heavy atom. The molecule has 9 nitrogen and oxygen atoms in total. The lowest BCUT2D eigenvalue weighted by atomic mass is 10.0. The van der Waals surface area contributed by atoms with Gasteiger partial charge in [0.05, 0.1) is 50.9 Å². The van der Waals surface area contributed by atoms with Gasteiger partial charge in [0.1, 0.15) is 13.1 Å². The third kappa shape index (κ3) is 6.38. The summed E-state index contributed by atoms with van der Waals surface area (Å²) in [5.41, 5.74) is 3.47. The molecule has 1 N–H and O–H groups in total. The molecular weight excluding hydrogens is 575 g/mol. The van der Waals surface area contributed by atoms with Gasteiger partial charge >= 0.3 is 5.97 Å². The predicted molar refractivity (Wildman–Crippen MR) is 166 cm³/mol. The molecule has 226 valence electrons. The Balaban J connectivity index is 0.00000353. The standard InChI is InChI=1S/C31H39N4O5P.ClH/c32-41(34-15-21-38-22-16-34,35-17-23-39-24-18-35)28-12-11-27(29(28)33-13-19-37-20-14-33)30(25-7-3-1-4-8-25)40-31(36)26-9-5-2-6-10-26;/h1-10,32H,11-24H2;1H/b30-27-;. The van der Waals surface area contributed by atoms with Gasteiger partial charge in [0.25, 0.3) is 0 Å². The Bertz CT molecular complexity index is 1300. The summed E-state index contributed by atoms with van der Waals surface area (Å²) in [5, 5.41) is 11.5. The number of esters is 1. The molecule has 0 aromatic heterocycles. The Hall–Kier alpha value is -2.49. The first-order valence-corrected chi connectivity index (χ1v) is 16.3. The molecule has 4 aliphatic rings. The fourth-order valence-corrected chi connectivity index (χ4v) is 9.68. The smallest absolute Gasteiger partial charge is 0.343 e. The third-order valence-electron chi connectivity index (χ3n) is 8.18. The quantitative estimate of drug-likeness (QED) is 0.256. The van der Waals surface area contributed by atoms with E-state index in [2.05, 4.69) is 14.2 Å². The monoisotopic (exact) mass is 614 g/mol. The highest BCUT2D eigenvalue weighted by molar-refractivity contribution is 7.64. The van der Waals surface area contributed by atoms with Crippen LogP contribution in [-0.4, -0.2) is 99.1 Å². The summed E-state index contributed by atoms with van der Waals surface area (Å²) in [6.07, 6.45) is 1.47. The highest BCUT2D eigenvalue weighted by Crippen LogP contribution is 2.66. The van der Waals surface area contributed by atoms with E-state index in [1.165, 1.54) is 5.31 Å². The summed E-state index contributed by atoms with van der Waals surface area (Å²) in [6, 6.07) is 19.1. The van der Waals surface area contributed by atoms with E-state index in [4.69, 9.17) is 18.9 Å². The number of ether oxygens (including phenoxy) is 4. The fraction of sp³-hybridized carbons (Fsp3) is 0.452. The lowest BCUT2D eigenvalue weighted by molar-refractivity contribution is 0.0532. The zero-order valence-electron chi connectivity index (χ0n) is 23.9. The van der Waals surface area contributed by atoms with Crippen molar-refractivity contribution in [3.8, 4) is 0 Å². The van der Waals surface area contributed by atoms with Crippen molar-refractivity contribution in [3.05, 3.63) is 88.4 Å². The number of carbonyl (C=O) groups is 1. The normalized spacial score (nSPS) is 22.0. The van der Waals surface area contributed by atoms with E-state index in [9.17, 15) is 9.96 Å². The van der Waals surface area contributed by atoms with Crippen LogP contribution in [0.15, 0.2) is 77.2 Å². The van der Waals surface area contributed by atoms with Gasteiger partial charge in [-0.05, 0) is 25.0 Å². The highest BCUT2D eigenvalue weighted by atomic mass is 35.5. The van der Waals surface area contributed by atoms with Crippen LogP contribution in [-0.2, 0) is 18.9 Å². The second kappa shape index (κ2) is 14.3. The topological polar surface area (TPSA) is 87.6 Å². The maximum absolute atomic E-state index is 13.5. The summed E-state index contributed by atoms with van der Waals surface area (Å²) < 4.78 is 28.3. The van der Waals surface area contributed by atoms with E-state index in [1.54, 1.807) is 12.1 Å². The first-order chi connectivity index (χ1) is 20.2. The maximum atomic E-state index is 13.5. The van der Waals surface area contributed by atoms with Crippen LogP contribution in [0.3, 0.4) is 0 Å². The van der Waals surface area contributed by atoms with Gasteiger partial charge < -0.3 is 23.8 Å². The third-order valence-corrected chi connectivity index (χ3v) is 11.8. The number of halogens is 1. The van der Waals surface area contributed by atoms with Crippen LogP contribution in [0.25, 0.3) is 5.76 Å². The second-order valence-electron chi connectivity index (χ2n) is 10.6. The molecule has 11 heteroatoms. The molecule has 0 saturated carbocycles. The van der Waals surface area contributed by atoms with E-state index in [0.29, 0.717) is 57.4 Å². The predicted octanol–water partition coefficient (Wildman–Crippen LogP) is 5.29. The zero-order chi connectivity index (χ0) is 28.1. The van der Waals surface area contributed by atoms with E-state index in [0.717, 1.165) is 62.5 Å². The van der Waals surface area contributed by atoms with Crippen LogP contribution in [0.5, 0.6) is 0 Å². The first-order valence-electron chi connectivity index (χ1n) is 14.6. The van der Waals surface area contributed by atoms with Gasteiger partial charge in [-0.3, -0.25) is 14.5 Å². The molecule has 42 heavy (non-hydrogen) atoms. The number of benzene rings is 2. The van der Waals surface area contributed by atoms with E-state index < -0.39 is 7.36 Å². The van der Waals surface area contributed by atoms with Crippen LogP contribution >= 0.6 is 19.8 Å². The molecule has 0 bridgehead atoms. The Morgan fingerprint density at radius 2 is 1.17 bits per heavy atom. The number of nitrogens with one attached hydrogen (secondary N) is 1. The van der Waals surface area contributed by atoms with Crippen LogP contribution in [0.4, 0.5) is 0 Å². The van der Waals surface area contributed by atoms with Crippen molar-refractivity contribution in [3.63, 3.8) is 0 Å². The summed E-state index contributed by atoms with van der Waals surface area (Å²) in [6.45, 7) is 8.24. The van der Waals surface area contributed by atoms with Crippen LogP contribution in [0, 0.1) is 5.16 Å². The van der Waals surface area contributed by atoms with Crippen molar-refractivity contribution in [2.24, 2.45) is 0 Å². The van der Waals surface area contributed by atoms with Gasteiger partial charge in [-0.2, -0.15) is 0 Å². The van der Waals surface area contributed by atoms with Crippen LogP contribution in [0.2, 0.25) is 0 Å². The Labute approximate surface area is 254 Å². The maximum Gasteiger partial charge on any atom is 0.343 e. The number of allylic oxidation sites excluding steroid dienone is 2. The van der Waals surface area contributed by atoms with E-state index >= 15 is 0 Å². The molecule has 2 aromatic rings. The van der Waals surface area contributed by atoms with Crippen LogP contribution < -0.4 is 0 Å².